The van der Waals surface area contributed by atoms with Gasteiger partial charge in [-0.1, -0.05) is 20.3 Å². The molecule has 3 N–H and O–H groups in total. The van der Waals surface area contributed by atoms with Gasteiger partial charge >= 0.3 is 5.97 Å². The van der Waals surface area contributed by atoms with Crippen molar-refractivity contribution < 1.29 is 14.3 Å². The minimum absolute atomic E-state index is 0.00452. The van der Waals surface area contributed by atoms with Crippen LogP contribution in [0.1, 0.15) is 52.4 Å². The SMILES string of the molecule is CCC(CC)(CC(=O)OC)NC(=O)[C@@H]1CCC[C@@H]1CN. The fraction of sp³-hybridized carbons (Fsp3) is 0.867. The van der Waals surface area contributed by atoms with E-state index in [9.17, 15) is 9.59 Å². The summed E-state index contributed by atoms with van der Waals surface area (Å²) < 4.78 is 4.75. The summed E-state index contributed by atoms with van der Waals surface area (Å²) >= 11 is 0. The van der Waals surface area contributed by atoms with Gasteiger partial charge in [0.1, 0.15) is 0 Å². The molecule has 0 aliphatic heterocycles. The van der Waals surface area contributed by atoms with Crippen LogP contribution in [-0.2, 0) is 14.3 Å². The first-order valence-corrected chi connectivity index (χ1v) is 7.60. The third-order valence-electron chi connectivity index (χ3n) is 4.75. The van der Waals surface area contributed by atoms with Crippen LogP contribution in [0.2, 0.25) is 0 Å². The zero-order chi connectivity index (χ0) is 15.2. The molecule has 1 aliphatic carbocycles. The van der Waals surface area contributed by atoms with E-state index in [0.29, 0.717) is 19.4 Å². The van der Waals surface area contributed by atoms with E-state index >= 15 is 0 Å². The highest BCUT2D eigenvalue weighted by Crippen LogP contribution is 2.32. The molecule has 0 heterocycles. The maximum atomic E-state index is 12.5. The molecule has 5 heteroatoms. The molecule has 0 radical (unpaired) electrons. The highest BCUT2D eigenvalue weighted by Gasteiger charge is 2.37. The molecule has 0 saturated heterocycles. The Balaban J connectivity index is 2.74. The molecule has 0 unspecified atom stereocenters. The van der Waals surface area contributed by atoms with Gasteiger partial charge in [-0.2, -0.15) is 0 Å². The molecule has 0 aromatic rings. The van der Waals surface area contributed by atoms with Gasteiger partial charge < -0.3 is 15.8 Å². The van der Waals surface area contributed by atoms with Crippen LogP contribution in [0.4, 0.5) is 0 Å². The number of carbonyl (C=O) groups excluding carboxylic acids is 2. The van der Waals surface area contributed by atoms with Crippen molar-refractivity contribution in [3.63, 3.8) is 0 Å². The molecule has 0 aromatic heterocycles. The molecule has 2 atom stereocenters. The van der Waals surface area contributed by atoms with Crippen LogP contribution in [0.25, 0.3) is 0 Å². The number of methoxy groups -OCH3 is 1. The normalized spacial score (nSPS) is 22.6. The zero-order valence-corrected chi connectivity index (χ0v) is 12.9. The molecule has 20 heavy (non-hydrogen) atoms. The third-order valence-corrected chi connectivity index (χ3v) is 4.75. The van der Waals surface area contributed by atoms with Gasteiger partial charge in [0.05, 0.1) is 13.5 Å². The molecule has 1 aliphatic rings. The number of amides is 1. The topological polar surface area (TPSA) is 81.4 Å². The van der Waals surface area contributed by atoms with Crippen LogP contribution in [-0.4, -0.2) is 31.1 Å². The van der Waals surface area contributed by atoms with E-state index in [4.69, 9.17) is 10.5 Å². The van der Waals surface area contributed by atoms with E-state index in [2.05, 4.69) is 5.32 Å². The quantitative estimate of drug-likeness (QED) is 0.696. The first-order valence-electron chi connectivity index (χ1n) is 7.60. The minimum Gasteiger partial charge on any atom is -0.469 e. The highest BCUT2D eigenvalue weighted by atomic mass is 16.5. The summed E-state index contributed by atoms with van der Waals surface area (Å²) in [7, 11) is 1.38. The van der Waals surface area contributed by atoms with E-state index in [-0.39, 0.29) is 30.1 Å². The van der Waals surface area contributed by atoms with Gasteiger partial charge in [-0.15, -0.1) is 0 Å². The van der Waals surface area contributed by atoms with Crippen molar-refractivity contribution >= 4 is 11.9 Å². The summed E-state index contributed by atoms with van der Waals surface area (Å²) in [5.41, 5.74) is 5.24. The first-order chi connectivity index (χ1) is 9.51. The lowest BCUT2D eigenvalue weighted by atomic mass is 9.87. The molecule has 1 rings (SSSR count). The van der Waals surface area contributed by atoms with Crippen LogP contribution < -0.4 is 11.1 Å². The van der Waals surface area contributed by atoms with E-state index in [1.165, 1.54) is 7.11 Å². The van der Waals surface area contributed by atoms with Gasteiger partial charge in [0, 0.05) is 11.5 Å². The van der Waals surface area contributed by atoms with Gasteiger partial charge in [0.25, 0.3) is 0 Å². The van der Waals surface area contributed by atoms with Crippen LogP contribution in [0.5, 0.6) is 0 Å². The molecular formula is C15H28N2O3. The first kappa shape index (κ1) is 17.0. The molecular weight excluding hydrogens is 256 g/mol. The van der Waals surface area contributed by atoms with Crippen molar-refractivity contribution in [1.29, 1.82) is 0 Å². The largest absolute Gasteiger partial charge is 0.469 e. The Morgan fingerprint density at radius 3 is 2.45 bits per heavy atom. The van der Waals surface area contributed by atoms with Gasteiger partial charge in [-0.05, 0) is 38.1 Å². The highest BCUT2D eigenvalue weighted by molar-refractivity contribution is 5.81. The van der Waals surface area contributed by atoms with Crippen LogP contribution in [0, 0.1) is 11.8 Å². The number of ether oxygens (including phenoxy) is 1. The lowest BCUT2D eigenvalue weighted by Crippen LogP contribution is -2.52. The van der Waals surface area contributed by atoms with Crippen molar-refractivity contribution in [2.24, 2.45) is 17.6 Å². The number of esters is 1. The van der Waals surface area contributed by atoms with Crippen LogP contribution in [0.3, 0.4) is 0 Å². The van der Waals surface area contributed by atoms with E-state index in [0.717, 1.165) is 19.3 Å². The van der Waals surface area contributed by atoms with Crippen molar-refractivity contribution in [2.45, 2.75) is 57.9 Å². The molecule has 0 bridgehead atoms. The Labute approximate surface area is 121 Å². The molecule has 1 saturated carbocycles. The second-order valence-corrected chi connectivity index (χ2v) is 5.76. The van der Waals surface area contributed by atoms with E-state index in [1.807, 2.05) is 13.8 Å². The predicted molar refractivity (Wildman–Crippen MR) is 78.0 cm³/mol. The number of nitrogens with one attached hydrogen (secondary N) is 1. The number of hydrogen-bond donors (Lipinski definition) is 2. The Bertz CT molecular complexity index is 340. The number of nitrogens with two attached hydrogens (primary N) is 1. The van der Waals surface area contributed by atoms with Crippen molar-refractivity contribution in [3.8, 4) is 0 Å². The number of carbonyl (C=O) groups is 2. The van der Waals surface area contributed by atoms with Crippen molar-refractivity contribution in [1.82, 2.24) is 5.32 Å². The minimum atomic E-state index is -0.494. The fourth-order valence-corrected chi connectivity index (χ4v) is 3.09. The monoisotopic (exact) mass is 284 g/mol. The summed E-state index contributed by atoms with van der Waals surface area (Å²) in [5.74, 6) is 0.0380. The lowest BCUT2D eigenvalue weighted by molar-refractivity contribution is -0.143. The molecule has 5 nitrogen and oxygen atoms in total. The van der Waals surface area contributed by atoms with Gasteiger partial charge in [0.2, 0.25) is 5.91 Å². The van der Waals surface area contributed by atoms with E-state index < -0.39 is 5.54 Å². The lowest BCUT2D eigenvalue weighted by Gasteiger charge is -2.33. The molecule has 0 spiro atoms. The summed E-state index contributed by atoms with van der Waals surface area (Å²) in [6.07, 6.45) is 4.63. The molecule has 0 aromatic carbocycles. The Hall–Kier alpha value is -1.10. The summed E-state index contributed by atoms with van der Waals surface area (Å²) in [6, 6.07) is 0. The summed E-state index contributed by atoms with van der Waals surface area (Å²) in [4.78, 5) is 24.1. The number of hydrogen-bond acceptors (Lipinski definition) is 4. The Morgan fingerprint density at radius 2 is 1.95 bits per heavy atom. The second kappa shape index (κ2) is 7.62. The second-order valence-electron chi connectivity index (χ2n) is 5.76. The summed E-state index contributed by atoms with van der Waals surface area (Å²) in [6.45, 7) is 4.53. The van der Waals surface area contributed by atoms with Crippen molar-refractivity contribution in [2.75, 3.05) is 13.7 Å². The number of rotatable bonds is 7. The average molecular weight is 284 g/mol. The van der Waals surface area contributed by atoms with Gasteiger partial charge in [0.15, 0.2) is 0 Å². The standard InChI is InChI=1S/C15H28N2O3/c1-4-15(5-2,9-13(18)20-3)17-14(19)12-8-6-7-11(12)10-16/h11-12H,4-10,16H2,1-3H3,(H,17,19)/t11-,12-/m1/s1. The van der Waals surface area contributed by atoms with Crippen molar-refractivity contribution in [3.05, 3.63) is 0 Å². The Morgan fingerprint density at radius 1 is 1.30 bits per heavy atom. The maximum Gasteiger partial charge on any atom is 0.307 e. The zero-order valence-electron chi connectivity index (χ0n) is 12.9. The fourth-order valence-electron chi connectivity index (χ4n) is 3.09. The smallest absolute Gasteiger partial charge is 0.307 e. The third kappa shape index (κ3) is 3.95. The summed E-state index contributed by atoms with van der Waals surface area (Å²) in [5, 5.41) is 3.11. The molecule has 116 valence electrons. The molecule has 1 fully saturated rings. The van der Waals surface area contributed by atoms with E-state index in [1.54, 1.807) is 0 Å². The van der Waals surface area contributed by atoms with Crippen LogP contribution >= 0.6 is 0 Å². The molecule has 1 amide bonds. The average Bonchev–Trinajstić information content (AvgIpc) is 2.94. The van der Waals surface area contributed by atoms with Gasteiger partial charge in [-0.3, -0.25) is 9.59 Å². The van der Waals surface area contributed by atoms with Gasteiger partial charge in [-0.25, -0.2) is 0 Å². The predicted octanol–water partition coefficient (Wildman–Crippen LogP) is 1.60. The maximum absolute atomic E-state index is 12.5. The van der Waals surface area contributed by atoms with Crippen LogP contribution in [0.15, 0.2) is 0 Å². The Kier molecular flexibility index (Phi) is 6.46.